The molecule has 1 saturated heterocycles. The average Bonchev–Trinajstić information content (AvgIpc) is 3.11. The number of likely N-dealkylation sites (tertiary alicyclic amines) is 1. The van der Waals surface area contributed by atoms with Gasteiger partial charge in [-0.1, -0.05) is 12.8 Å². The molecule has 0 bridgehead atoms. The molecule has 1 heterocycles. The van der Waals surface area contributed by atoms with Gasteiger partial charge in [0.2, 0.25) is 0 Å². The van der Waals surface area contributed by atoms with Crippen LogP contribution in [0, 0.1) is 34.5 Å². The van der Waals surface area contributed by atoms with E-state index in [1.165, 1.54) is 25.7 Å². The molecule has 2 saturated carbocycles. The number of hydrogen-bond acceptors (Lipinski definition) is 2. The maximum atomic E-state index is 12.1. The minimum Gasteiger partial charge on any atom is -0.331 e. The van der Waals surface area contributed by atoms with Crippen molar-refractivity contribution < 1.29 is 4.79 Å². The number of carbonyl (C=O) groups excluding carboxylic acids is 1. The third kappa shape index (κ3) is 2.08. The van der Waals surface area contributed by atoms with Crippen molar-refractivity contribution in [3.8, 4) is 6.07 Å². The summed E-state index contributed by atoms with van der Waals surface area (Å²) in [7, 11) is 3.63. The molecule has 0 aromatic carbocycles. The van der Waals surface area contributed by atoms with E-state index in [0.29, 0.717) is 17.8 Å². The molecule has 20 heavy (non-hydrogen) atoms. The lowest BCUT2D eigenvalue weighted by molar-refractivity contribution is 0.168. The van der Waals surface area contributed by atoms with Gasteiger partial charge in [-0.05, 0) is 43.4 Å². The summed E-state index contributed by atoms with van der Waals surface area (Å²) in [5, 5.41) is 9.76. The van der Waals surface area contributed by atoms with E-state index in [4.69, 9.17) is 0 Å². The maximum absolute atomic E-state index is 12.1. The number of urea groups is 1. The Morgan fingerprint density at radius 1 is 1.20 bits per heavy atom. The molecule has 1 unspecified atom stereocenters. The van der Waals surface area contributed by atoms with E-state index in [-0.39, 0.29) is 11.4 Å². The monoisotopic (exact) mass is 275 g/mol. The molecule has 0 radical (unpaired) electrons. The van der Waals surface area contributed by atoms with Gasteiger partial charge in [0.25, 0.3) is 0 Å². The second kappa shape index (κ2) is 4.95. The van der Waals surface area contributed by atoms with E-state index in [0.717, 1.165) is 25.9 Å². The van der Waals surface area contributed by atoms with Crippen LogP contribution in [0.3, 0.4) is 0 Å². The highest BCUT2D eigenvalue weighted by molar-refractivity contribution is 5.74. The smallest absolute Gasteiger partial charge is 0.319 e. The van der Waals surface area contributed by atoms with E-state index in [1.54, 1.807) is 4.90 Å². The first-order valence-electron chi connectivity index (χ1n) is 7.93. The molecular weight excluding hydrogens is 250 g/mol. The van der Waals surface area contributed by atoms with E-state index >= 15 is 0 Å². The third-order valence-corrected chi connectivity index (χ3v) is 5.84. The van der Waals surface area contributed by atoms with E-state index < -0.39 is 0 Å². The second-order valence-corrected chi connectivity index (χ2v) is 7.26. The lowest BCUT2D eigenvalue weighted by Crippen LogP contribution is -2.39. The van der Waals surface area contributed by atoms with Gasteiger partial charge in [0.1, 0.15) is 0 Å². The van der Waals surface area contributed by atoms with Gasteiger partial charge < -0.3 is 9.80 Å². The summed E-state index contributed by atoms with van der Waals surface area (Å²) in [5.41, 5.74) is -0.0703. The zero-order valence-corrected chi connectivity index (χ0v) is 12.6. The molecule has 3 rings (SSSR count). The topological polar surface area (TPSA) is 47.3 Å². The van der Waals surface area contributed by atoms with Gasteiger partial charge in [0, 0.05) is 27.2 Å². The van der Waals surface area contributed by atoms with Crippen LogP contribution in [0.2, 0.25) is 0 Å². The number of amides is 2. The van der Waals surface area contributed by atoms with Crippen LogP contribution in [0.5, 0.6) is 0 Å². The number of nitrogens with zero attached hydrogens (tertiary/aromatic N) is 3. The molecule has 0 spiro atoms. The zero-order valence-electron chi connectivity index (χ0n) is 12.6. The molecule has 4 heteroatoms. The molecule has 0 N–H and O–H groups in total. The average molecular weight is 275 g/mol. The van der Waals surface area contributed by atoms with Crippen LogP contribution >= 0.6 is 0 Å². The summed E-state index contributed by atoms with van der Waals surface area (Å²) in [6, 6.07) is 2.83. The molecule has 3 atom stereocenters. The number of hydrogen-bond donors (Lipinski definition) is 0. The molecular formula is C16H25N3O. The number of fused-ring (bicyclic) bond motifs is 1. The zero-order chi connectivity index (χ0) is 14.3. The van der Waals surface area contributed by atoms with Crippen LogP contribution < -0.4 is 0 Å². The van der Waals surface area contributed by atoms with Crippen molar-refractivity contribution in [1.29, 1.82) is 5.26 Å². The van der Waals surface area contributed by atoms with Gasteiger partial charge in [0.05, 0.1) is 11.5 Å². The van der Waals surface area contributed by atoms with Crippen LogP contribution in [0.4, 0.5) is 4.79 Å². The minimum absolute atomic E-state index is 0.0703. The fourth-order valence-corrected chi connectivity index (χ4v) is 4.85. The predicted octanol–water partition coefficient (Wildman–Crippen LogP) is 2.71. The van der Waals surface area contributed by atoms with Crippen molar-refractivity contribution in [3.05, 3.63) is 0 Å². The largest absolute Gasteiger partial charge is 0.331 e. The standard InChI is InChI=1S/C16H25N3O/c1-18(2)15(20)19-9-12-7-16(11-17,8-13(12)10-19)14-5-3-4-6-14/h12-14H,3-10H2,1-2H3/t12-,13+,16?. The summed E-state index contributed by atoms with van der Waals surface area (Å²) in [6.45, 7) is 1.72. The van der Waals surface area contributed by atoms with Crippen LogP contribution in [0.1, 0.15) is 38.5 Å². The highest BCUT2D eigenvalue weighted by Crippen LogP contribution is 2.56. The van der Waals surface area contributed by atoms with Crippen molar-refractivity contribution in [2.24, 2.45) is 23.2 Å². The summed E-state index contributed by atoms with van der Waals surface area (Å²) >= 11 is 0. The van der Waals surface area contributed by atoms with Crippen LogP contribution in [0.25, 0.3) is 0 Å². The Bertz CT molecular complexity index is 419. The predicted molar refractivity (Wildman–Crippen MR) is 76.9 cm³/mol. The molecule has 2 amide bonds. The van der Waals surface area contributed by atoms with Crippen LogP contribution in [0.15, 0.2) is 0 Å². The number of rotatable bonds is 1. The fourth-order valence-electron chi connectivity index (χ4n) is 4.85. The van der Waals surface area contributed by atoms with Crippen molar-refractivity contribution >= 4 is 6.03 Å². The van der Waals surface area contributed by atoms with Gasteiger partial charge in [0.15, 0.2) is 0 Å². The first-order chi connectivity index (χ1) is 9.55. The van der Waals surface area contributed by atoms with E-state index in [1.807, 2.05) is 19.0 Å². The Morgan fingerprint density at radius 2 is 1.75 bits per heavy atom. The van der Waals surface area contributed by atoms with Crippen molar-refractivity contribution in [2.75, 3.05) is 27.2 Å². The SMILES string of the molecule is CN(C)C(=O)N1C[C@@H]2CC(C#N)(C3CCCC3)C[C@@H]2C1. The lowest BCUT2D eigenvalue weighted by atomic mass is 9.73. The Balaban J connectivity index is 1.68. The molecule has 1 aliphatic heterocycles. The molecule has 110 valence electrons. The van der Waals surface area contributed by atoms with E-state index in [9.17, 15) is 10.1 Å². The molecule has 3 aliphatic rings. The normalized spacial score (nSPS) is 37.0. The minimum atomic E-state index is -0.0703. The highest BCUT2D eigenvalue weighted by Gasteiger charge is 2.53. The Kier molecular flexibility index (Phi) is 3.40. The van der Waals surface area contributed by atoms with Crippen LogP contribution in [-0.2, 0) is 0 Å². The molecule has 0 aromatic rings. The van der Waals surface area contributed by atoms with Gasteiger partial charge in [-0.15, -0.1) is 0 Å². The van der Waals surface area contributed by atoms with E-state index in [2.05, 4.69) is 6.07 Å². The quantitative estimate of drug-likeness (QED) is 0.738. The molecule has 2 aliphatic carbocycles. The van der Waals surface area contributed by atoms with Gasteiger partial charge >= 0.3 is 6.03 Å². The highest BCUT2D eigenvalue weighted by atomic mass is 16.2. The summed E-state index contributed by atoms with van der Waals surface area (Å²) < 4.78 is 0. The first-order valence-corrected chi connectivity index (χ1v) is 7.93. The summed E-state index contributed by atoms with van der Waals surface area (Å²) in [5.74, 6) is 1.73. The van der Waals surface area contributed by atoms with Gasteiger partial charge in [-0.2, -0.15) is 5.26 Å². The summed E-state index contributed by atoms with van der Waals surface area (Å²) in [4.78, 5) is 15.7. The van der Waals surface area contributed by atoms with Gasteiger partial charge in [-0.25, -0.2) is 4.79 Å². The first kappa shape index (κ1) is 13.7. The Morgan fingerprint density at radius 3 is 2.20 bits per heavy atom. The Hall–Kier alpha value is -1.24. The van der Waals surface area contributed by atoms with Crippen molar-refractivity contribution in [1.82, 2.24) is 9.80 Å². The third-order valence-electron chi connectivity index (χ3n) is 5.84. The number of carbonyl (C=O) groups is 1. The summed E-state index contributed by atoms with van der Waals surface area (Å²) in [6.07, 6.45) is 7.14. The Labute approximate surface area is 121 Å². The second-order valence-electron chi connectivity index (χ2n) is 7.26. The lowest BCUT2D eigenvalue weighted by Gasteiger charge is -2.30. The molecule has 3 fully saturated rings. The maximum Gasteiger partial charge on any atom is 0.319 e. The van der Waals surface area contributed by atoms with Crippen molar-refractivity contribution in [3.63, 3.8) is 0 Å². The van der Waals surface area contributed by atoms with Crippen molar-refractivity contribution in [2.45, 2.75) is 38.5 Å². The van der Waals surface area contributed by atoms with Gasteiger partial charge in [-0.3, -0.25) is 0 Å². The molecule has 0 aromatic heterocycles. The fraction of sp³-hybridized carbons (Fsp3) is 0.875. The van der Waals surface area contributed by atoms with Crippen LogP contribution in [-0.4, -0.2) is 43.0 Å². The molecule has 4 nitrogen and oxygen atoms in total. The number of nitriles is 1.